The van der Waals surface area contributed by atoms with E-state index in [4.69, 9.17) is 0 Å². The fourth-order valence-corrected chi connectivity index (χ4v) is 3.78. The number of nitrogens with zero attached hydrogens (tertiary/aromatic N) is 2. The van der Waals surface area contributed by atoms with Gasteiger partial charge in [-0.3, -0.25) is 5.43 Å². The number of anilines is 1. The fourth-order valence-electron chi connectivity index (χ4n) is 3.13. The van der Waals surface area contributed by atoms with Gasteiger partial charge in [0.25, 0.3) is 0 Å². The van der Waals surface area contributed by atoms with E-state index in [1.54, 1.807) is 12.1 Å². The Hall–Kier alpha value is -2.66. The number of aromatic nitrogens is 1. The molecule has 2 aromatic carbocycles. The van der Waals surface area contributed by atoms with Crippen molar-refractivity contribution in [1.29, 1.82) is 0 Å². The van der Waals surface area contributed by atoms with Crippen molar-refractivity contribution < 1.29 is 5.11 Å². The molecule has 0 amide bonds. The highest BCUT2D eigenvalue weighted by Gasteiger charge is 2.12. The van der Waals surface area contributed by atoms with Crippen molar-refractivity contribution in [2.45, 2.75) is 26.2 Å². The third-order valence-electron chi connectivity index (χ3n) is 4.52. The zero-order valence-corrected chi connectivity index (χ0v) is 14.8. The summed E-state index contributed by atoms with van der Waals surface area (Å²) in [5.74, 6) is 0.233. The Balaban J connectivity index is 1.51. The second kappa shape index (κ2) is 6.69. The molecule has 1 heterocycles. The maximum Gasteiger partial charge on any atom is 0.203 e. The minimum atomic E-state index is 0.233. The maximum absolute atomic E-state index is 9.93. The first-order valence-corrected chi connectivity index (χ1v) is 9.25. The van der Waals surface area contributed by atoms with Gasteiger partial charge in [0.05, 0.1) is 11.4 Å². The number of aromatic hydroxyl groups is 1. The predicted octanol–water partition coefficient (Wildman–Crippen LogP) is 4.84. The standard InChI is InChI=1S/C20H19N3OS/c1-13(15-10-9-14-5-4-6-16(14)11-15)22-23-20-21-18(12-25-20)17-7-2-3-8-19(17)24/h2-3,7-12,24H,4-6H2,1H3,(H,21,23). The zero-order valence-electron chi connectivity index (χ0n) is 14.0. The van der Waals surface area contributed by atoms with Gasteiger partial charge >= 0.3 is 0 Å². The molecule has 1 aliphatic rings. The molecule has 0 unspecified atom stereocenters. The molecule has 1 aromatic heterocycles. The molecule has 1 aliphatic carbocycles. The van der Waals surface area contributed by atoms with Crippen LogP contribution in [0.1, 0.15) is 30.0 Å². The summed E-state index contributed by atoms with van der Waals surface area (Å²) in [6, 6.07) is 13.8. The zero-order chi connectivity index (χ0) is 17.2. The smallest absolute Gasteiger partial charge is 0.203 e. The third-order valence-corrected chi connectivity index (χ3v) is 5.27. The molecule has 0 saturated heterocycles. The van der Waals surface area contributed by atoms with Crippen LogP contribution in [0.2, 0.25) is 0 Å². The number of phenolic OH excluding ortho intramolecular Hbond substituents is 1. The van der Waals surface area contributed by atoms with E-state index in [1.165, 1.54) is 41.7 Å². The number of hydrogen-bond acceptors (Lipinski definition) is 5. The van der Waals surface area contributed by atoms with Gasteiger partial charge in [-0.15, -0.1) is 11.3 Å². The molecule has 126 valence electrons. The van der Waals surface area contributed by atoms with Crippen molar-refractivity contribution in [3.8, 4) is 17.0 Å². The molecule has 2 N–H and O–H groups in total. The number of hydrazone groups is 1. The number of hydrogen-bond donors (Lipinski definition) is 2. The second-order valence-electron chi connectivity index (χ2n) is 6.20. The Bertz CT molecular complexity index is 946. The second-order valence-corrected chi connectivity index (χ2v) is 7.06. The SMILES string of the molecule is CC(=NNc1nc(-c2ccccc2O)cs1)c1ccc2c(c1)CCC2. The Morgan fingerprint density at radius 2 is 2.00 bits per heavy atom. The van der Waals surface area contributed by atoms with Crippen molar-refractivity contribution in [3.63, 3.8) is 0 Å². The van der Waals surface area contributed by atoms with Crippen molar-refractivity contribution in [3.05, 3.63) is 64.5 Å². The maximum atomic E-state index is 9.93. The fraction of sp³-hybridized carbons (Fsp3) is 0.200. The largest absolute Gasteiger partial charge is 0.507 e. The number of thiazole rings is 1. The van der Waals surface area contributed by atoms with Crippen LogP contribution in [0.5, 0.6) is 5.75 Å². The lowest BCUT2D eigenvalue weighted by molar-refractivity contribution is 0.477. The summed E-state index contributed by atoms with van der Waals surface area (Å²) >= 11 is 1.47. The molecule has 0 saturated carbocycles. The minimum absolute atomic E-state index is 0.233. The van der Waals surface area contributed by atoms with E-state index in [0.717, 1.165) is 22.5 Å². The number of nitrogens with one attached hydrogen (secondary N) is 1. The monoisotopic (exact) mass is 349 g/mol. The Morgan fingerprint density at radius 1 is 1.16 bits per heavy atom. The third kappa shape index (κ3) is 3.28. The van der Waals surface area contributed by atoms with Crippen molar-refractivity contribution in [1.82, 2.24) is 4.98 Å². The van der Waals surface area contributed by atoms with Gasteiger partial charge in [0.15, 0.2) is 0 Å². The van der Waals surface area contributed by atoms with Crippen LogP contribution < -0.4 is 5.43 Å². The van der Waals surface area contributed by atoms with Crippen LogP contribution in [0.3, 0.4) is 0 Å². The van der Waals surface area contributed by atoms with Crippen LogP contribution in [0.4, 0.5) is 5.13 Å². The Morgan fingerprint density at radius 3 is 2.88 bits per heavy atom. The quantitative estimate of drug-likeness (QED) is 0.523. The highest BCUT2D eigenvalue weighted by molar-refractivity contribution is 7.14. The van der Waals surface area contributed by atoms with Gasteiger partial charge in [-0.05, 0) is 61.1 Å². The molecule has 0 fully saturated rings. The summed E-state index contributed by atoms with van der Waals surface area (Å²) in [7, 11) is 0. The van der Waals surface area contributed by atoms with Crippen LogP contribution in [-0.2, 0) is 12.8 Å². The highest BCUT2D eigenvalue weighted by Crippen LogP contribution is 2.31. The van der Waals surface area contributed by atoms with Gasteiger partial charge in [-0.2, -0.15) is 5.10 Å². The van der Waals surface area contributed by atoms with E-state index < -0.39 is 0 Å². The van der Waals surface area contributed by atoms with Gasteiger partial charge in [0, 0.05) is 10.9 Å². The Labute approximate surface area is 150 Å². The molecule has 0 spiro atoms. The summed E-state index contributed by atoms with van der Waals surface area (Å²) in [5.41, 5.74) is 9.51. The average Bonchev–Trinajstić information content (AvgIpc) is 3.28. The van der Waals surface area contributed by atoms with Crippen LogP contribution >= 0.6 is 11.3 Å². The van der Waals surface area contributed by atoms with Crippen molar-refractivity contribution >= 4 is 22.2 Å². The number of phenols is 1. The molecule has 0 aliphatic heterocycles. The van der Waals surface area contributed by atoms with Crippen molar-refractivity contribution in [2.75, 3.05) is 5.43 Å². The summed E-state index contributed by atoms with van der Waals surface area (Å²) < 4.78 is 0. The number of benzene rings is 2. The molecular formula is C20H19N3OS. The summed E-state index contributed by atoms with van der Waals surface area (Å²) in [6.45, 7) is 2.00. The van der Waals surface area contributed by atoms with Gasteiger partial charge in [-0.25, -0.2) is 4.98 Å². The van der Waals surface area contributed by atoms with Crippen LogP contribution in [0, 0.1) is 0 Å². The van der Waals surface area contributed by atoms with Gasteiger partial charge in [0.1, 0.15) is 5.75 Å². The van der Waals surface area contributed by atoms with E-state index in [2.05, 4.69) is 33.7 Å². The van der Waals surface area contributed by atoms with Gasteiger partial charge < -0.3 is 5.11 Å². The number of aryl methyl sites for hydroxylation is 2. The normalized spacial score (nSPS) is 13.7. The van der Waals surface area contributed by atoms with Gasteiger partial charge in [-0.1, -0.05) is 24.3 Å². The molecule has 25 heavy (non-hydrogen) atoms. The number of rotatable bonds is 4. The molecule has 0 radical (unpaired) electrons. The van der Waals surface area contributed by atoms with E-state index in [-0.39, 0.29) is 5.75 Å². The molecule has 0 atom stereocenters. The molecule has 5 heteroatoms. The molecule has 0 bridgehead atoms. The number of para-hydroxylation sites is 1. The summed E-state index contributed by atoms with van der Waals surface area (Å²) in [4.78, 5) is 4.51. The lowest BCUT2D eigenvalue weighted by Crippen LogP contribution is -2.00. The predicted molar refractivity (Wildman–Crippen MR) is 104 cm³/mol. The first kappa shape index (κ1) is 15.8. The topological polar surface area (TPSA) is 57.5 Å². The molecule has 4 nitrogen and oxygen atoms in total. The van der Waals surface area contributed by atoms with E-state index in [9.17, 15) is 5.11 Å². The van der Waals surface area contributed by atoms with Crippen LogP contribution in [-0.4, -0.2) is 15.8 Å². The van der Waals surface area contributed by atoms with Crippen LogP contribution in [0.15, 0.2) is 52.9 Å². The van der Waals surface area contributed by atoms with E-state index in [0.29, 0.717) is 5.13 Å². The lowest BCUT2D eigenvalue weighted by Gasteiger charge is -2.05. The summed E-state index contributed by atoms with van der Waals surface area (Å²) in [6.07, 6.45) is 3.61. The van der Waals surface area contributed by atoms with E-state index >= 15 is 0 Å². The highest BCUT2D eigenvalue weighted by atomic mass is 32.1. The Kier molecular flexibility index (Phi) is 4.24. The summed E-state index contributed by atoms with van der Waals surface area (Å²) in [5, 5.41) is 17.0. The van der Waals surface area contributed by atoms with Crippen molar-refractivity contribution in [2.24, 2.45) is 5.10 Å². The first-order valence-electron chi connectivity index (χ1n) is 8.37. The lowest BCUT2D eigenvalue weighted by atomic mass is 10.0. The van der Waals surface area contributed by atoms with Crippen LogP contribution in [0.25, 0.3) is 11.3 Å². The molecular weight excluding hydrogens is 330 g/mol. The first-order chi connectivity index (χ1) is 12.2. The van der Waals surface area contributed by atoms with E-state index in [1.807, 2.05) is 24.4 Å². The van der Waals surface area contributed by atoms with Gasteiger partial charge in [0.2, 0.25) is 5.13 Å². The molecule has 3 aromatic rings. The number of fused-ring (bicyclic) bond motifs is 1. The minimum Gasteiger partial charge on any atom is -0.507 e. The molecule has 4 rings (SSSR count). The average molecular weight is 349 g/mol.